The SMILES string of the molecule is COCCC(C)(C)CNCCC1CCNC1. The van der Waals surface area contributed by atoms with Crippen LogP contribution in [0.15, 0.2) is 0 Å². The predicted molar refractivity (Wildman–Crippen MR) is 68.7 cm³/mol. The molecule has 0 radical (unpaired) electrons. The van der Waals surface area contributed by atoms with E-state index in [1.54, 1.807) is 7.11 Å². The molecule has 0 aliphatic carbocycles. The molecule has 1 saturated heterocycles. The second kappa shape index (κ2) is 7.25. The summed E-state index contributed by atoms with van der Waals surface area (Å²) < 4.78 is 5.13. The molecule has 1 atom stereocenters. The monoisotopic (exact) mass is 228 g/mol. The normalized spacial score (nSPS) is 21.6. The van der Waals surface area contributed by atoms with Crippen molar-refractivity contribution in [2.24, 2.45) is 11.3 Å². The van der Waals surface area contributed by atoms with Gasteiger partial charge in [0.2, 0.25) is 0 Å². The van der Waals surface area contributed by atoms with Gasteiger partial charge in [0.15, 0.2) is 0 Å². The van der Waals surface area contributed by atoms with Crippen LogP contribution in [0.1, 0.15) is 33.1 Å². The van der Waals surface area contributed by atoms with Gasteiger partial charge in [0.1, 0.15) is 0 Å². The molecule has 96 valence electrons. The van der Waals surface area contributed by atoms with E-state index in [1.807, 2.05) is 0 Å². The van der Waals surface area contributed by atoms with Crippen LogP contribution in [0.2, 0.25) is 0 Å². The van der Waals surface area contributed by atoms with Crippen LogP contribution in [0.4, 0.5) is 0 Å². The molecule has 0 spiro atoms. The lowest BCUT2D eigenvalue weighted by Gasteiger charge is -2.25. The molecule has 1 aliphatic rings. The molecule has 3 heteroatoms. The third-order valence-corrected chi connectivity index (χ3v) is 3.48. The van der Waals surface area contributed by atoms with Crippen LogP contribution in [0.25, 0.3) is 0 Å². The Balaban J connectivity index is 2.00. The largest absolute Gasteiger partial charge is 0.385 e. The van der Waals surface area contributed by atoms with Crippen molar-refractivity contribution in [1.29, 1.82) is 0 Å². The van der Waals surface area contributed by atoms with Crippen LogP contribution in [0, 0.1) is 11.3 Å². The molecule has 16 heavy (non-hydrogen) atoms. The Hall–Kier alpha value is -0.120. The first kappa shape index (κ1) is 13.9. The number of ether oxygens (including phenoxy) is 1. The van der Waals surface area contributed by atoms with E-state index < -0.39 is 0 Å². The molecule has 0 aromatic heterocycles. The summed E-state index contributed by atoms with van der Waals surface area (Å²) in [5, 5.41) is 6.99. The zero-order valence-electron chi connectivity index (χ0n) is 11.1. The van der Waals surface area contributed by atoms with Crippen molar-refractivity contribution in [3.8, 4) is 0 Å². The van der Waals surface area contributed by atoms with Gasteiger partial charge < -0.3 is 15.4 Å². The van der Waals surface area contributed by atoms with Gasteiger partial charge in [0, 0.05) is 20.3 Å². The molecule has 3 nitrogen and oxygen atoms in total. The number of rotatable bonds is 8. The van der Waals surface area contributed by atoms with Gasteiger partial charge in [-0.3, -0.25) is 0 Å². The highest BCUT2D eigenvalue weighted by molar-refractivity contribution is 4.74. The molecule has 0 bridgehead atoms. The zero-order valence-corrected chi connectivity index (χ0v) is 11.1. The van der Waals surface area contributed by atoms with Gasteiger partial charge >= 0.3 is 0 Å². The minimum Gasteiger partial charge on any atom is -0.385 e. The van der Waals surface area contributed by atoms with Crippen molar-refractivity contribution in [2.45, 2.75) is 33.1 Å². The lowest BCUT2D eigenvalue weighted by molar-refractivity contribution is 0.150. The minimum atomic E-state index is 0.351. The van der Waals surface area contributed by atoms with Crippen molar-refractivity contribution in [3.63, 3.8) is 0 Å². The number of hydrogen-bond donors (Lipinski definition) is 2. The Labute approximate surface area is 100 Å². The summed E-state index contributed by atoms with van der Waals surface area (Å²) in [6, 6.07) is 0. The second-order valence-corrected chi connectivity index (χ2v) is 5.73. The molecule has 2 N–H and O–H groups in total. The number of hydrogen-bond acceptors (Lipinski definition) is 3. The molecule has 1 heterocycles. The lowest BCUT2D eigenvalue weighted by Crippen LogP contribution is -2.31. The fourth-order valence-electron chi connectivity index (χ4n) is 2.16. The highest BCUT2D eigenvalue weighted by Crippen LogP contribution is 2.19. The fourth-order valence-corrected chi connectivity index (χ4v) is 2.16. The molecular weight excluding hydrogens is 200 g/mol. The third-order valence-electron chi connectivity index (χ3n) is 3.48. The summed E-state index contributed by atoms with van der Waals surface area (Å²) in [7, 11) is 1.77. The maximum absolute atomic E-state index is 5.13. The molecular formula is C13H28N2O. The van der Waals surface area contributed by atoms with Gasteiger partial charge in [-0.2, -0.15) is 0 Å². The third kappa shape index (κ3) is 5.83. The molecule has 0 aromatic rings. The standard InChI is InChI=1S/C13H28N2O/c1-13(2,6-9-16-3)11-15-8-5-12-4-7-14-10-12/h12,14-15H,4-11H2,1-3H3. The first-order valence-corrected chi connectivity index (χ1v) is 6.54. The second-order valence-electron chi connectivity index (χ2n) is 5.73. The molecule has 1 rings (SSSR count). The Bertz CT molecular complexity index is 177. The maximum atomic E-state index is 5.13. The van der Waals surface area contributed by atoms with Crippen molar-refractivity contribution in [3.05, 3.63) is 0 Å². The van der Waals surface area contributed by atoms with Crippen LogP contribution in [-0.4, -0.2) is 39.9 Å². The van der Waals surface area contributed by atoms with E-state index in [9.17, 15) is 0 Å². The maximum Gasteiger partial charge on any atom is 0.0467 e. The zero-order chi connectivity index (χ0) is 11.9. The molecule has 1 fully saturated rings. The predicted octanol–water partition coefficient (Wildman–Crippen LogP) is 1.64. The number of nitrogens with one attached hydrogen (secondary N) is 2. The molecule has 0 aromatic carbocycles. The van der Waals surface area contributed by atoms with Crippen LogP contribution in [0.5, 0.6) is 0 Å². The topological polar surface area (TPSA) is 33.3 Å². The van der Waals surface area contributed by atoms with Gasteiger partial charge in [-0.05, 0) is 50.2 Å². The van der Waals surface area contributed by atoms with E-state index in [4.69, 9.17) is 4.74 Å². The van der Waals surface area contributed by atoms with Crippen molar-refractivity contribution >= 4 is 0 Å². The van der Waals surface area contributed by atoms with Gasteiger partial charge in [-0.1, -0.05) is 13.8 Å². The lowest BCUT2D eigenvalue weighted by atomic mass is 9.89. The van der Waals surface area contributed by atoms with Crippen LogP contribution >= 0.6 is 0 Å². The van der Waals surface area contributed by atoms with Gasteiger partial charge in [-0.15, -0.1) is 0 Å². The van der Waals surface area contributed by atoms with E-state index >= 15 is 0 Å². The fraction of sp³-hybridized carbons (Fsp3) is 1.00. The summed E-state index contributed by atoms with van der Waals surface area (Å²) in [6.45, 7) is 10.1. The van der Waals surface area contributed by atoms with E-state index in [-0.39, 0.29) is 0 Å². The highest BCUT2D eigenvalue weighted by atomic mass is 16.5. The summed E-state index contributed by atoms with van der Waals surface area (Å²) in [4.78, 5) is 0. The van der Waals surface area contributed by atoms with Gasteiger partial charge in [-0.25, -0.2) is 0 Å². The Morgan fingerprint density at radius 1 is 1.44 bits per heavy atom. The molecule has 1 aliphatic heterocycles. The van der Waals surface area contributed by atoms with Gasteiger partial charge in [0.05, 0.1) is 0 Å². The summed E-state index contributed by atoms with van der Waals surface area (Å²) >= 11 is 0. The summed E-state index contributed by atoms with van der Waals surface area (Å²) in [6.07, 6.45) is 3.80. The minimum absolute atomic E-state index is 0.351. The Morgan fingerprint density at radius 3 is 2.88 bits per heavy atom. The van der Waals surface area contributed by atoms with E-state index in [0.717, 1.165) is 32.0 Å². The van der Waals surface area contributed by atoms with E-state index in [0.29, 0.717) is 5.41 Å². The first-order chi connectivity index (χ1) is 7.64. The molecule has 1 unspecified atom stereocenters. The number of methoxy groups -OCH3 is 1. The molecule has 0 saturated carbocycles. The van der Waals surface area contributed by atoms with E-state index in [1.165, 1.54) is 25.9 Å². The van der Waals surface area contributed by atoms with Crippen LogP contribution in [0.3, 0.4) is 0 Å². The van der Waals surface area contributed by atoms with Crippen molar-refractivity contribution < 1.29 is 4.74 Å². The first-order valence-electron chi connectivity index (χ1n) is 6.54. The quantitative estimate of drug-likeness (QED) is 0.620. The Morgan fingerprint density at radius 2 is 2.25 bits per heavy atom. The van der Waals surface area contributed by atoms with Crippen LogP contribution < -0.4 is 10.6 Å². The summed E-state index contributed by atoms with van der Waals surface area (Å²) in [5.74, 6) is 0.898. The van der Waals surface area contributed by atoms with Crippen molar-refractivity contribution in [2.75, 3.05) is 39.9 Å². The summed E-state index contributed by atoms with van der Waals surface area (Å²) in [5.41, 5.74) is 0.351. The molecule has 0 amide bonds. The average molecular weight is 228 g/mol. The van der Waals surface area contributed by atoms with E-state index in [2.05, 4.69) is 24.5 Å². The van der Waals surface area contributed by atoms with Gasteiger partial charge in [0.25, 0.3) is 0 Å². The smallest absolute Gasteiger partial charge is 0.0467 e. The van der Waals surface area contributed by atoms with Crippen LogP contribution in [-0.2, 0) is 4.74 Å². The van der Waals surface area contributed by atoms with Crippen molar-refractivity contribution in [1.82, 2.24) is 10.6 Å². The average Bonchev–Trinajstić information content (AvgIpc) is 2.75. The highest BCUT2D eigenvalue weighted by Gasteiger charge is 2.18. The Kier molecular flexibility index (Phi) is 6.32.